The fraction of sp³-hybridized carbons (Fsp3) is 0.357. The van der Waals surface area contributed by atoms with Crippen LogP contribution in [0.15, 0.2) is 28.7 Å². The molecule has 88 valence electrons. The molecule has 2 heterocycles. The summed E-state index contributed by atoms with van der Waals surface area (Å²) in [6.45, 7) is 3.18. The van der Waals surface area contributed by atoms with Crippen LogP contribution in [0.4, 0.5) is 0 Å². The van der Waals surface area contributed by atoms with Crippen molar-refractivity contribution in [2.24, 2.45) is 5.92 Å². The number of Topliss-reactive ketones (excluding diaryl/α,β-unsaturated/α-hetero) is 1. The molecule has 1 aliphatic rings. The minimum absolute atomic E-state index is 0.0316. The molecule has 1 saturated heterocycles. The van der Waals surface area contributed by atoms with Crippen molar-refractivity contribution in [2.45, 2.75) is 13.3 Å². The fourth-order valence-electron chi connectivity index (χ4n) is 2.27. The summed E-state index contributed by atoms with van der Waals surface area (Å²) in [6.07, 6.45) is 0.800. The molecular formula is C14H14O3. The molecule has 0 aliphatic carbocycles. The van der Waals surface area contributed by atoms with Crippen molar-refractivity contribution in [1.29, 1.82) is 0 Å². The quantitative estimate of drug-likeness (QED) is 0.744. The van der Waals surface area contributed by atoms with Gasteiger partial charge in [-0.25, -0.2) is 0 Å². The van der Waals surface area contributed by atoms with Gasteiger partial charge in [-0.3, -0.25) is 4.79 Å². The van der Waals surface area contributed by atoms with E-state index >= 15 is 0 Å². The SMILES string of the molecule is Cc1cccc2cc(C(=O)C3CCOC3)oc12. The average molecular weight is 230 g/mol. The molecule has 1 atom stereocenters. The molecule has 0 N–H and O–H groups in total. The first-order chi connectivity index (χ1) is 8.25. The molecule has 0 bridgehead atoms. The smallest absolute Gasteiger partial charge is 0.203 e. The van der Waals surface area contributed by atoms with Crippen LogP contribution in [0, 0.1) is 12.8 Å². The van der Waals surface area contributed by atoms with Crippen LogP contribution in [0.3, 0.4) is 0 Å². The first-order valence-electron chi connectivity index (χ1n) is 5.87. The Morgan fingerprint density at radius 3 is 3.00 bits per heavy atom. The van der Waals surface area contributed by atoms with Crippen LogP contribution in [0.2, 0.25) is 0 Å². The van der Waals surface area contributed by atoms with E-state index in [9.17, 15) is 4.79 Å². The molecule has 1 aromatic heterocycles. The Bertz CT molecular complexity index is 562. The second-order valence-corrected chi connectivity index (χ2v) is 4.53. The second kappa shape index (κ2) is 4.00. The van der Waals surface area contributed by atoms with Crippen LogP contribution in [-0.2, 0) is 4.74 Å². The number of hydrogen-bond acceptors (Lipinski definition) is 3. The van der Waals surface area contributed by atoms with E-state index in [-0.39, 0.29) is 11.7 Å². The third-order valence-corrected chi connectivity index (χ3v) is 3.28. The molecule has 3 nitrogen and oxygen atoms in total. The van der Waals surface area contributed by atoms with E-state index in [0.717, 1.165) is 23.0 Å². The number of ether oxygens (including phenoxy) is 1. The number of rotatable bonds is 2. The summed E-state index contributed by atoms with van der Waals surface area (Å²) < 4.78 is 10.9. The van der Waals surface area contributed by atoms with Gasteiger partial charge in [0.25, 0.3) is 0 Å². The third-order valence-electron chi connectivity index (χ3n) is 3.28. The van der Waals surface area contributed by atoms with Crippen molar-refractivity contribution in [3.63, 3.8) is 0 Å². The van der Waals surface area contributed by atoms with Gasteiger partial charge in [-0.1, -0.05) is 18.2 Å². The lowest BCUT2D eigenvalue weighted by Crippen LogP contribution is -2.13. The predicted octanol–water partition coefficient (Wildman–Crippen LogP) is 2.96. The van der Waals surface area contributed by atoms with Gasteiger partial charge in [0, 0.05) is 12.0 Å². The molecule has 1 fully saturated rings. The van der Waals surface area contributed by atoms with Crippen LogP contribution in [-0.4, -0.2) is 19.0 Å². The molecule has 0 radical (unpaired) electrons. The lowest BCUT2D eigenvalue weighted by Gasteiger charge is -2.02. The summed E-state index contributed by atoms with van der Waals surface area (Å²) in [4.78, 5) is 12.2. The van der Waals surface area contributed by atoms with E-state index < -0.39 is 0 Å². The van der Waals surface area contributed by atoms with Gasteiger partial charge in [0.1, 0.15) is 5.58 Å². The lowest BCUT2D eigenvalue weighted by molar-refractivity contribution is 0.0874. The van der Waals surface area contributed by atoms with Crippen LogP contribution >= 0.6 is 0 Å². The van der Waals surface area contributed by atoms with E-state index in [2.05, 4.69) is 0 Å². The zero-order chi connectivity index (χ0) is 11.8. The minimum atomic E-state index is -0.0316. The van der Waals surface area contributed by atoms with Gasteiger partial charge in [0.2, 0.25) is 5.78 Å². The summed E-state index contributed by atoms with van der Waals surface area (Å²) in [7, 11) is 0. The maximum Gasteiger partial charge on any atom is 0.203 e. The minimum Gasteiger partial charge on any atom is -0.453 e. The number of benzene rings is 1. The number of furan rings is 1. The highest BCUT2D eigenvalue weighted by Gasteiger charge is 2.27. The van der Waals surface area contributed by atoms with Crippen molar-refractivity contribution in [2.75, 3.05) is 13.2 Å². The van der Waals surface area contributed by atoms with Gasteiger partial charge in [-0.2, -0.15) is 0 Å². The maximum atomic E-state index is 12.2. The van der Waals surface area contributed by atoms with Gasteiger partial charge in [-0.15, -0.1) is 0 Å². The van der Waals surface area contributed by atoms with E-state index in [0.29, 0.717) is 19.0 Å². The van der Waals surface area contributed by atoms with Gasteiger partial charge in [0.15, 0.2) is 5.76 Å². The molecule has 17 heavy (non-hydrogen) atoms. The summed E-state index contributed by atoms with van der Waals surface area (Å²) in [5.74, 6) is 0.499. The number of hydrogen-bond donors (Lipinski definition) is 0. The van der Waals surface area contributed by atoms with Crippen LogP contribution in [0.25, 0.3) is 11.0 Å². The summed E-state index contributed by atoms with van der Waals surface area (Å²) in [5, 5.41) is 0.993. The second-order valence-electron chi connectivity index (χ2n) is 4.53. The monoisotopic (exact) mass is 230 g/mol. The average Bonchev–Trinajstić information content (AvgIpc) is 2.98. The molecule has 1 unspecified atom stereocenters. The van der Waals surface area contributed by atoms with Gasteiger partial charge in [0.05, 0.1) is 12.5 Å². The normalized spacial score (nSPS) is 19.9. The third kappa shape index (κ3) is 1.76. The van der Waals surface area contributed by atoms with Gasteiger partial charge >= 0.3 is 0 Å². The first kappa shape index (κ1) is 10.5. The van der Waals surface area contributed by atoms with E-state index in [4.69, 9.17) is 9.15 Å². The van der Waals surface area contributed by atoms with E-state index in [1.165, 1.54) is 0 Å². The van der Waals surface area contributed by atoms with Crippen LogP contribution in [0.1, 0.15) is 22.5 Å². The van der Waals surface area contributed by atoms with Crippen molar-refractivity contribution in [3.8, 4) is 0 Å². The summed E-state index contributed by atoms with van der Waals surface area (Å²) in [5.41, 5.74) is 1.87. The summed E-state index contributed by atoms with van der Waals surface area (Å²) >= 11 is 0. The zero-order valence-corrected chi connectivity index (χ0v) is 9.73. The standard InChI is InChI=1S/C14H14O3/c1-9-3-2-4-10-7-12(17-14(9)10)13(15)11-5-6-16-8-11/h2-4,7,11H,5-6,8H2,1H3. The summed E-state index contributed by atoms with van der Waals surface area (Å²) in [6, 6.07) is 7.76. The zero-order valence-electron chi connectivity index (χ0n) is 9.73. The predicted molar refractivity (Wildman–Crippen MR) is 64.2 cm³/mol. The number of para-hydroxylation sites is 1. The molecule has 3 rings (SSSR count). The Labute approximate surface area is 99.4 Å². The number of fused-ring (bicyclic) bond motifs is 1. The molecule has 1 aliphatic heterocycles. The van der Waals surface area contributed by atoms with Crippen LogP contribution in [0.5, 0.6) is 0 Å². The Morgan fingerprint density at radius 1 is 1.41 bits per heavy atom. The molecule has 1 aromatic carbocycles. The van der Waals surface area contributed by atoms with Crippen molar-refractivity contribution < 1.29 is 13.9 Å². The van der Waals surface area contributed by atoms with Crippen LogP contribution < -0.4 is 0 Å². The number of carbonyl (C=O) groups is 1. The topological polar surface area (TPSA) is 39.4 Å². The highest BCUT2D eigenvalue weighted by Crippen LogP contribution is 2.26. The van der Waals surface area contributed by atoms with Crippen molar-refractivity contribution in [3.05, 3.63) is 35.6 Å². The largest absolute Gasteiger partial charge is 0.453 e. The molecule has 2 aromatic rings. The van der Waals surface area contributed by atoms with E-state index in [1.54, 1.807) is 0 Å². The Morgan fingerprint density at radius 2 is 2.29 bits per heavy atom. The highest BCUT2D eigenvalue weighted by molar-refractivity contribution is 5.99. The molecule has 0 spiro atoms. The molecule has 0 saturated carbocycles. The number of aryl methyl sites for hydroxylation is 1. The molecular weight excluding hydrogens is 216 g/mol. The Hall–Kier alpha value is -1.61. The highest BCUT2D eigenvalue weighted by atomic mass is 16.5. The Balaban J connectivity index is 2.00. The molecule has 3 heteroatoms. The lowest BCUT2D eigenvalue weighted by atomic mass is 10.0. The van der Waals surface area contributed by atoms with Crippen molar-refractivity contribution in [1.82, 2.24) is 0 Å². The first-order valence-corrected chi connectivity index (χ1v) is 5.87. The fourth-order valence-corrected chi connectivity index (χ4v) is 2.27. The number of ketones is 1. The number of carbonyl (C=O) groups excluding carboxylic acids is 1. The van der Waals surface area contributed by atoms with Gasteiger partial charge < -0.3 is 9.15 Å². The van der Waals surface area contributed by atoms with Crippen molar-refractivity contribution >= 4 is 16.8 Å². The van der Waals surface area contributed by atoms with E-state index in [1.807, 2.05) is 31.2 Å². The van der Waals surface area contributed by atoms with Gasteiger partial charge in [-0.05, 0) is 25.0 Å². The Kier molecular flexibility index (Phi) is 2.48. The maximum absolute atomic E-state index is 12.2. The molecule has 0 amide bonds.